The van der Waals surface area contributed by atoms with E-state index < -0.39 is 35.4 Å². The average Bonchev–Trinajstić information content (AvgIpc) is 2.73. The number of benzene rings is 1. The van der Waals surface area contributed by atoms with Crippen molar-refractivity contribution in [2.45, 2.75) is 59.4 Å². The van der Waals surface area contributed by atoms with Crippen molar-refractivity contribution >= 4 is 22.9 Å². The van der Waals surface area contributed by atoms with Gasteiger partial charge in [0.15, 0.2) is 12.2 Å². The molecule has 1 aliphatic rings. The van der Waals surface area contributed by atoms with Crippen LogP contribution < -0.4 is 10.4 Å². The van der Waals surface area contributed by atoms with Crippen LogP contribution in [0.1, 0.15) is 53.2 Å². The molecule has 3 rings (SSSR count). The first-order valence-electron chi connectivity index (χ1n) is 10.0. The largest absolute Gasteiger partial charge is 0.483 e. The van der Waals surface area contributed by atoms with Gasteiger partial charge in [0.1, 0.15) is 16.9 Å². The van der Waals surface area contributed by atoms with Crippen molar-refractivity contribution in [3.8, 4) is 5.75 Å². The first kappa shape index (κ1) is 22.3. The number of ether oxygens (including phenoxy) is 3. The van der Waals surface area contributed by atoms with Crippen molar-refractivity contribution in [1.82, 2.24) is 0 Å². The summed E-state index contributed by atoms with van der Waals surface area (Å²) in [6.45, 7) is 10.2. The molecule has 1 aromatic heterocycles. The van der Waals surface area contributed by atoms with Crippen LogP contribution in [0.4, 0.5) is 0 Å². The molecule has 0 N–H and O–H groups in total. The maximum Gasteiger partial charge on any atom is 0.336 e. The molecule has 0 saturated heterocycles. The van der Waals surface area contributed by atoms with Gasteiger partial charge in [0.2, 0.25) is 0 Å². The Morgan fingerprint density at radius 3 is 2.16 bits per heavy atom. The highest BCUT2D eigenvalue weighted by Crippen LogP contribution is 2.46. The Morgan fingerprint density at radius 1 is 0.968 bits per heavy atom. The predicted molar refractivity (Wildman–Crippen MR) is 115 cm³/mol. The van der Waals surface area contributed by atoms with Crippen molar-refractivity contribution < 1.29 is 28.2 Å². The van der Waals surface area contributed by atoms with E-state index in [1.54, 1.807) is 71.9 Å². The van der Waals surface area contributed by atoms with Crippen molar-refractivity contribution in [3.05, 3.63) is 63.5 Å². The highest BCUT2D eigenvalue weighted by molar-refractivity contribution is 5.90. The third-order valence-electron chi connectivity index (χ3n) is 5.38. The van der Waals surface area contributed by atoms with E-state index in [9.17, 15) is 14.4 Å². The molecule has 0 aliphatic carbocycles. The SMILES string of the molecule is C/C=C(\C)C(=O)OC1c2c(ccc3ccc(=O)oc23)OC(C)(C)[C@@H]1OC(=O)/C(C)=C/C. The van der Waals surface area contributed by atoms with Gasteiger partial charge in [0, 0.05) is 22.6 Å². The third kappa shape index (κ3) is 4.26. The first-order valence-corrected chi connectivity index (χ1v) is 10.0. The van der Waals surface area contributed by atoms with Gasteiger partial charge >= 0.3 is 17.6 Å². The fourth-order valence-corrected chi connectivity index (χ4v) is 3.33. The van der Waals surface area contributed by atoms with E-state index in [1.807, 2.05) is 0 Å². The van der Waals surface area contributed by atoms with E-state index in [2.05, 4.69) is 0 Å². The van der Waals surface area contributed by atoms with E-state index in [-0.39, 0.29) is 5.58 Å². The standard InChI is InChI=1S/C24H26O7/c1-7-13(3)22(26)29-20-18-16(11-9-15-10-12-17(25)28-19(15)18)31-24(5,6)21(20)30-23(27)14(4)8-2/h7-12,20-21H,1-6H3/b13-7+,14-8+/t20?,21-/m1/s1. The summed E-state index contributed by atoms with van der Waals surface area (Å²) < 4.78 is 23.2. The average molecular weight is 426 g/mol. The molecule has 0 fully saturated rings. The Bertz CT molecular complexity index is 1150. The van der Waals surface area contributed by atoms with Gasteiger partial charge in [0.25, 0.3) is 0 Å². The molecule has 164 valence electrons. The second-order valence-corrected chi connectivity index (χ2v) is 7.95. The van der Waals surface area contributed by atoms with E-state index in [1.165, 1.54) is 6.07 Å². The highest BCUT2D eigenvalue weighted by atomic mass is 16.6. The van der Waals surface area contributed by atoms with Gasteiger partial charge in [-0.15, -0.1) is 0 Å². The summed E-state index contributed by atoms with van der Waals surface area (Å²) in [5.41, 5.74) is -0.224. The van der Waals surface area contributed by atoms with E-state index >= 15 is 0 Å². The molecule has 1 aliphatic heterocycles. The Hall–Kier alpha value is -3.35. The number of hydrogen-bond donors (Lipinski definition) is 0. The smallest absolute Gasteiger partial charge is 0.336 e. The Morgan fingerprint density at radius 2 is 1.55 bits per heavy atom. The Labute approximate surface area is 180 Å². The molecule has 1 unspecified atom stereocenters. The third-order valence-corrected chi connectivity index (χ3v) is 5.38. The van der Waals surface area contributed by atoms with Crippen LogP contribution in [0.3, 0.4) is 0 Å². The van der Waals surface area contributed by atoms with Gasteiger partial charge in [-0.25, -0.2) is 14.4 Å². The summed E-state index contributed by atoms with van der Waals surface area (Å²) in [4.78, 5) is 37.3. The predicted octanol–water partition coefficient (Wildman–Crippen LogP) is 4.39. The summed E-state index contributed by atoms with van der Waals surface area (Å²) in [5, 5.41) is 0.625. The maximum atomic E-state index is 12.7. The highest BCUT2D eigenvalue weighted by Gasteiger charge is 2.50. The molecule has 31 heavy (non-hydrogen) atoms. The summed E-state index contributed by atoms with van der Waals surface area (Å²) >= 11 is 0. The minimum Gasteiger partial charge on any atom is -0.483 e. The van der Waals surface area contributed by atoms with Gasteiger partial charge in [-0.05, 0) is 59.7 Å². The Kier molecular flexibility index (Phi) is 6.06. The summed E-state index contributed by atoms with van der Waals surface area (Å²) in [6.07, 6.45) is 1.21. The van der Waals surface area contributed by atoms with Crippen LogP contribution in [0.2, 0.25) is 0 Å². The number of carbonyl (C=O) groups excluding carboxylic acids is 2. The van der Waals surface area contributed by atoms with Crippen LogP contribution in [0.25, 0.3) is 11.0 Å². The molecule has 0 bridgehead atoms. The van der Waals surface area contributed by atoms with Crippen molar-refractivity contribution in [3.63, 3.8) is 0 Å². The topological polar surface area (TPSA) is 92.0 Å². The second kappa shape index (κ2) is 8.41. The molecule has 1 aromatic carbocycles. The summed E-state index contributed by atoms with van der Waals surface area (Å²) in [5.74, 6) is -0.744. The van der Waals surface area contributed by atoms with Crippen LogP contribution in [-0.2, 0) is 19.1 Å². The van der Waals surface area contributed by atoms with E-state index in [4.69, 9.17) is 18.6 Å². The van der Waals surface area contributed by atoms with E-state index in [0.717, 1.165) is 0 Å². The lowest BCUT2D eigenvalue weighted by Crippen LogP contribution is -2.52. The first-order chi connectivity index (χ1) is 14.6. The van der Waals surface area contributed by atoms with Gasteiger partial charge in [-0.3, -0.25) is 0 Å². The minimum atomic E-state index is -1.05. The van der Waals surface area contributed by atoms with Crippen molar-refractivity contribution in [1.29, 1.82) is 0 Å². The molecule has 0 amide bonds. The normalized spacial score (nSPS) is 20.6. The number of fused-ring (bicyclic) bond motifs is 3. The molecule has 7 heteroatoms. The lowest BCUT2D eigenvalue weighted by molar-refractivity contribution is -0.185. The quantitative estimate of drug-likeness (QED) is 0.407. The summed E-state index contributed by atoms with van der Waals surface area (Å²) in [6, 6.07) is 6.39. The number of rotatable bonds is 4. The number of esters is 2. The molecule has 2 heterocycles. The van der Waals surface area contributed by atoms with Crippen LogP contribution in [0, 0.1) is 0 Å². The maximum absolute atomic E-state index is 12.7. The van der Waals surface area contributed by atoms with Crippen LogP contribution in [-0.4, -0.2) is 23.6 Å². The van der Waals surface area contributed by atoms with Gasteiger partial charge in [0.05, 0.1) is 5.56 Å². The zero-order valence-corrected chi connectivity index (χ0v) is 18.5. The van der Waals surface area contributed by atoms with Crippen LogP contribution in [0.15, 0.2) is 56.8 Å². The van der Waals surface area contributed by atoms with Gasteiger partial charge in [-0.2, -0.15) is 0 Å². The molecule has 7 nitrogen and oxygen atoms in total. The van der Waals surface area contributed by atoms with Gasteiger partial charge in [-0.1, -0.05) is 12.2 Å². The fourth-order valence-electron chi connectivity index (χ4n) is 3.33. The molecular formula is C24H26O7. The minimum absolute atomic E-state index is 0.222. The van der Waals surface area contributed by atoms with E-state index in [0.29, 0.717) is 27.8 Å². The summed E-state index contributed by atoms with van der Waals surface area (Å²) in [7, 11) is 0. The molecular weight excluding hydrogens is 400 g/mol. The zero-order chi connectivity index (χ0) is 22.9. The fraction of sp³-hybridized carbons (Fsp3) is 0.375. The van der Waals surface area contributed by atoms with Crippen molar-refractivity contribution in [2.24, 2.45) is 0 Å². The number of carbonyl (C=O) groups is 2. The van der Waals surface area contributed by atoms with Crippen LogP contribution in [0.5, 0.6) is 5.75 Å². The second-order valence-electron chi connectivity index (χ2n) is 7.95. The molecule has 2 atom stereocenters. The lowest BCUT2D eigenvalue weighted by Gasteiger charge is -2.43. The number of hydrogen-bond acceptors (Lipinski definition) is 7. The number of allylic oxidation sites excluding steroid dienone is 2. The molecule has 0 radical (unpaired) electrons. The molecule has 2 aromatic rings. The van der Waals surface area contributed by atoms with Crippen molar-refractivity contribution in [2.75, 3.05) is 0 Å². The zero-order valence-electron chi connectivity index (χ0n) is 18.5. The Balaban J connectivity index is 2.23. The molecule has 0 saturated carbocycles. The van der Waals surface area contributed by atoms with Gasteiger partial charge < -0.3 is 18.6 Å². The van der Waals surface area contributed by atoms with Crippen LogP contribution >= 0.6 is 0 Å². The lowest BCUT2D eigenvalue weighted by atomic mass is 9.87. The monoisotopic (exact) mass is 426 g/mol. The molecule has 0 spiro atoms.